The normalized spacial score (nSPS) is 14.1. The SMILES string of the molecule is CC(=O)[Si](C)(C)O[Si](C)(C)O[Si](C)(C)C. The van der Waals surface area contributed by atoms with Crippen LogP contribution >= 0.6 is 0 Å². The van der Waals surface area contributed by atoms with Crippen LogP contribution in [0.1, 0.15) is 6.92 Å². The third-order valence-electron chi connectivity index (χ3n) is 1.90. The van der Waals surface area contributed by atoms with Gasteiger partial charge in [0.2, 0.25) is 8.32 Å². The second kappa shape index (κ2) is 4.62. The summed E-state index contributed by atoms with van der Waals surface area (Å²) >= 11 is 0. The quantitative estimate of drug-likeness (QED) is 0.716. The van der Waals surface area contributed by atoms with Gasteiger partial charge < -0.3 is 13.0 Å². The molecule has 0 fully saturated rings. The van der Waals surface area contributed by atoms with Gasteiger partial charge in [0, 0.05) is 0 Å². The minimum Gasteiger partial charge on any atom is -0.437 e. The lowest BCUT2D eigenvalue weighted by atomic mass is 10.9. The lowest BCUT2D eigenvalue weighted by molar-refractivity contribution is -0.111. The van der Waals surface area contributed by atoms with Crippen molar-refractivity contribution in [3.63, 3.8) is 0 Å². The molecule has 3 nitrogen and oxygen atoms in total. The second-order valence-electron chi connectivity index (χ2n) is 5.78. The van der Waals surface area contributed by atoms with Gasteiger partial charge in [0.15, 0.2) is 8.32 Å². The molecule has 0 aromatic heterocycles. The first-order valence-corrected chi connectivity index (χ1v) is 14.4. The van der Waals surface area contributed by atoms with Crippen molar-refractivity contribution in [1.82, 2.24) is 0 Å². The first-order chi connectivity index (χ1) is 6.36. The molecule has 0 aromatic carbocycles. The van der Waals surface area contributed by atoms with E-state index in [2.05, 4.69) is 19.6 Å². The number of hydrogen-bond acceptors (Lipinski definition) is 3. The molecule has 0 spiro atoms. The second-order valence-corrected chi connectivity index (χ2v) is 18.2. The van der Waals surface area contributed by atoms with Crippen molar-refractivity contribution in [3.05, 3.63) is 0 Å². The first kappa shape index (κ1) is 15.2. The Balaban J connectivity index is 4.58. The maximum atomic E-state index is 11.4. The van der Waals surface area contributed by atoms with Gasteiger partial charge in [-0.2, -0.15) is 0 Å². The fourth-order valence-corrected chi connectivity index (χ4v) is 13.4. The third-order valence-corrected chi connectivity index (χ3v) is 12.0. The van der Waals surface area contributed by atoms with Crippen molar-refractivity contribution < 1.29 is 13.0 Å². The molecule has 0 rings (SSSR count). The molecule has 0 saturated heterocycles. The Hall–Kier alpha value is 0.241. The van der Waals surface area contributed by atoms with Crippen LogP contribution in [0, 0.1) is 0 Å². The summed E-state index contributed by atoms with van der Waals surface area (Å²) in [5.74, 6) is 0. The van der Waals surface area contributed by atoms with E-state index >= 15 is 0 Å². The summed E-state index contributed by atoms with van der Waals surface area (Å²) in [6.45, 7) is 16.0. The van der Waals surface area contributed by atoms with Crippen molar-refractivity contribution in [3.8, 4) is 0 Å². The number of rotatable bonds is 5. The van der Waals surface area contributed by atoms with Crippen LogP contribution in [0.5, 0.6) is 0 Å². The topological polar surface area (TPSA) is 35.5 Å². The Morgan fingerprint density at radius 1 is 0.867 bits per heavy atom. The molecule has 0 heterocycles. The van der Waals surface area contributed by atoms with E-state index in [1.807, 2.05) is 26.2 Å². The summed E-state index contributed by atoms with van der Waals surface area (Å²) in [6.07, 6.45) is 0. The summed E-state index contributed by atoms with van der Waals surface area (Å²) in [7, 11) is -5.91. The van der Waals surface area contributed by atoms with Crippen LogP contribution in [0.15, 0.2) is 0 Å². The Kier molecular flexibility index (Phi) is 4.70. The summed E-state index contributed by atoms with van der Waals surface area (Å²) in [4.78, 5) is 11.4. The van der Waals surface area contributed by atoms with Crippen LogP contribution < -0.4 is 0 Å². The standard InChI is InChI=1S/C9H24O3Si3/c1-9(10)14(5,6)12-15(7,8)11-13(2,3)4/h1-8H3. The molecule has 0 amide bonds. The van der Waals surface area contributed by atoms with Crippen molar-refractivity contribution in [2.24, 2.45) is 0 Å². The predicted octanol–water partition coefficient (Wildman–Crippen LogP) is 2.89. The highest BCUT2D eigenvalue weighted by Gasteiger charge is 2.40. The maximum absolute atomic E-state index is 11.4. The van der Waals surface area contributed by atoms with E-state index in [9.17, 15) is 4.79 Å². The molecule has 0 saturated carbocycles. The van der Waals surface area contributed by atoms with E-state index in [0.717, 1.165) is 0 Å². The fraction of sp³-hybridized carbons (Fsp3) is 0.889. The molecule has 0 N–H and O–H groups in total. The molecular formula is C9H24O3Si3. The Bertz CT molecular complexity index is 243. The smallest absolute Gasteiger partial charge is 0.311 e. The predicted molar refractivity (Wildman–Crippen MR) is 71.2 cm³/mol. The van der Waals surface area contributed by atoms with Gasteiger partial charge in [-0.25, -0.2) is 0 Å². The number of carbonyl (C=O) groups is 1. The van der Waals surface area contributed by atoms with Gasteiger partial charge in [-0.3, -0.25) is 0 Å². The molecule has 0 unspecified atom stereocenters. The molecule has 6 heteroatoms. The molecule has 90 valence electrons. The molecule has 0 aliphatic heterocycles. The summed E-state index contributed by atoms with van der Waals surface area (Å²) in [5.41, 5.74) is 0. The van der Waals surface area contributed by atoms with Gasteiger partial charge >= 0.3 is 8.56 Å². The minimum absolute atomic E-state index is 0.183. The van der Waals surface area contributed by atoms with E-state index in [-0.39, 0.29) is 5.41 Å². The number of carbonyl (C=O) groups excluding carboxylic acids is 1. The lowest BCUT2D eigenvalue weighted by Gasteiger charge is -2.36. The monoisotopic (exact) mass is 264 g/mol. The van der Waals surface area contributed by atoms with E-state index in [1.165, 1.54) is 0 Å². The van der Waals surface area contributed by atoms with Crippen LogP contribution in [-0.4, -0.2) is 30.6 Å². The van der Waals surface area contributed by atoms with Gasteiger partial charge in [0.25, 0.3) is 0 Å². The average molecular weight is 265 g/mol. The average Bonchev–Trinajstić information content (AvgIpc) is 1.75. The highest BCUT2D eigenvalue weighted by atomic mass is 28.5. The van der Waals surface area contributed by atoms with E-state index in [0.29, 0.717) is 0 Å². The molecule has 0 bridgehead atoms. The molecule has 0 radical (unpaired) electrons. The van der Waals surface area contributed by atoms with Gasteiger partial charge in [0.05, 0.1) is 0 Å². The molecule has 15 heavy (non-hydrogen) atoms. The highest BCUT2D eigenvalue weighted by Crippen LogP contribution is 2.20. The minimum atomic E-state index is -2.20. The van der Waals surface area contributed by atoms with Gasteiger partial charge in [-0.05, 0) is 52.8 Å². The Morgan fingerprint density at radius 3 is 1.53 bits per heavy atom. The lowest BCUT2D eigenvalue weighted by Crippen LogP contribution is -2.54. The third kappa shape index (κ3) is 6.41. The maximum Gasteiger partial charge on any atom is 0.311 e. The highest BCUT2D eigenvalue weighted by molar-refractivity contribution is 7.03. The molecule has 0 atom stereocenters. The van der Waals surface area contributed by atoms with Crippen LogP contribution in [-0.2, 0) is 13.0 Å². The summed E-state index contributed by atoms with van der Waals surface area (Å²) < 4.78 is 12.1. The van der Waals surface area contributed by atoms with Crippen molar-refractivity contribution in [2.45, 2.75) is 52.8 Å². The summed E-state index contributed by atoms with van der Waals surface area (Å²) in [5, 5.41) is 0.183. The first-order valence-electron chi connectivity index (χ1n) is 5.27. The van der Waals surface area contributed by atoms with Gasteiger partial charge in [-0.15, -0.1) is 0 Å². The molecule has 0 aliphatic rings. The van der Waals surface area contributed by atoms with Crippen molar-refractivity contribution in [2.75, 3.05) is 0 Å². The molecular weight excluding hydrogens is 240 g/mol. The Labute approximate surface area is 96.7 Å². The van der Waals surface area contributed by atoms with Crippen LogP contribution in [0.4, 0.5) is 0 Å². The van der Waals surface area contributed by atoms with Gasteiger partial charge in [0.1, 0.15) is 5.41 Å². The Morgan fingerprint density at radius 2 is 1.27 bits per heavy atom. The summed E-state index contributed by atoms with van der Waals surface area (Å²) in [6, 6.07) is 0. The molecule has 0 aliphatic carbocycles. The van der Waals surface area contributed by atoms with E-state index in [4.69, 9.17) is 8.23 Å². The van der Waals surface area contributed by atoms with Crippen LogP contribution in [0.25, 0.3) is 0 Å². The zero-order valence-corrected chi connectivity index (χ0v) is 14.2. The van der Waals surface area contributed by atoms with E-state index in [1.54, 1.807) is 6.92 Å². The van der Waals surface area contributed by atoms with Crippen molar-refractivity contribution >= 4 is 30.6 Å². The van der Waals surface area contributed by atoms with Crippen molar-refractivity contribution in [1.29, 1.82) is 0 Å². The van der Waals surface area contributed by atoms with E-state index < -0.39 is 25.2 Å². The largest absolute Gasteiger partial charge is 0.437 e. The number of hydrogen-bond donors (Lipinski definition) is 0. The fourth-order valence-electron chi connectivity index (χ4n) is 1.44. The van der Waals surface area contributed by atoms with Crippen LogP contribution in [0.3, 0.4) is 0 Å². The van der Waals surface area contributed by atoms with Crippen LogP contribution in [0.2, 0.25) is 45.8 Å². The van der Waals surface area contributed by atoms with Gasteiger partial charge in [-0.1, -0.05) is 0 Å². The zero-order chi connectivity index (χ0) is 12.5. The zero-order valence-electron chi connectivity index (χ0n) is 11.2. The molecule has 0 aromatic rings.